The van der Waals surface area contributed by atoms with Crippen LogP contribution < -0.4 is 10.1 Å². The fraction of sp³-hybridized carbons (Fsp3) is 0.312. The topological polar surface area (TPSA) is 88.5 Å². The second kappa shape index (κ2) is 7.73. The van der Waals surface area contributed by atoms with Crippen LogP contribution in [0.1, 0.15) is 26.6 Å². The molecule has 1 amide bonds. The van der Waals surface area contributed by atoms with Crippen molar-refractivity contribution in [3.05, 3.63) is 45.4 Å². The van der Waals surface area contributed by atoms with Crippen LogP contribution in [0, 0.1) is 13.8 Å². The SMILES string of the molecule is Cc1cccc(C)c1OCC(=O)NCCc1nc(C(=O)O)cs1. The molecule has 6 nitrogen and oxygen atoms in total. The predicted molar refractivity (Wildman–Crippen MR) is 87.2 cm³/mol. The van der Waals surface area contributed by atoms with Gasteiger partial charge in [0, 0.05) is 18.3 Å². The number of hydrogen-bond donors (Lipinski definition) is 2. The van der Waals surface area contributed by atoms with Crippen molar-refractivity contribution in [3.63, 3.8) is 0 Å². The maximum absolute atomic E-state index is 11.8. The van der Waals surface area contributed by atoms with E-state index in [1.54, 1.807) is 0 Å². The van der Waals surface area contributed by atoms with Crippen LogP contribution >= 0.6 is 11.3 Å². The van der Waals surface area contributed by atoms with Crippen LogP contribution in [0.4, 0.5) is 0 Å². The summed E-state index contributed by atoms with van der Waals surface area (Å²) < 4.78 is 5.56. The Balaban J connectivity index is 1.76. The fourth-order valence-corrected chi connectivity index (χ4v) is 2.82. The molecule has 1 aromatic carbocycles. The number of carboxylic acids is 1. The second-order valence-corrected chi connectivity index (χ2v) is 5.98. The molecule has 0 aliphatic rings. The van der Waals surface area contributed by atoms with Gasteiger partial charge in [0.1, 0.15) is 5.75 Å². The number of hydrogen-bond acceptors (Lipinski definition) is 5. The van der Waals surface area contributed by atoms with Gasteiger partial charge in [-0.05, 0) is 25.0 Å². The van der Waals surface area contributed by atoms with Gasteiger partial charge < -0.3 is 15.2 Å². The summed E-state index contributed by atoms with van der Waals surface area (Å²) in [5.41, 5.74) is 2.01. The Morgan fingerprint density at radius 2 is 2.00 bits per heavy atom. The molecule has 122 valence electrons. The molecule has 0 fully saturated rings. The van der Waals surface area contributed by atoms with Crippen molar-refractivity contribution in [2.24, 2.45) is 0 Å². The Hall–Kier alpha value is -2.41. The van der Waals surface area contributed by atoms with Crippen molar-refractivity contribution in [3.8, 4) is 5.75 Å². The highest BCUT2D eigenvalue weighted by Crippen LogP contribution is 2.21. The molecular weight excluding hydrogens is 316 g/mol. The first-order valence-corrected chi connectivity index (χ1v) is 7.98. The molecule has 23 heavy (non-hydrogen) atoms. The van der Waals surface area contributed by atoms with E-state index in [-0.39, 0.29) is 18.2 Å². The number of ether oxygens (including phenoxy) is 1. The summed E-state index contributed by atoms with van der Waals surface area (Å²) in [7, 11) is 0. The number of para-hydroxylation sites is 1. The van der Waals surface area contributed by atoms with Crippen molar-refractivity contribution < 1.29 is 19.4 Å². The van der Waals surface area contributed by atoms with Crippen molar-refractivity contribution in [2.75, 3.05) is 13.2 Å². The van der Waals surface area contributed by atoms with Crippen LogP contribution in [0.5, 0.6) is 5.75 Å². The maximum atomic E-state index is 11.8. The molecule has 0 bridgehead atoms. The zero-order valence-corrected chi connectivity index (χ0v) is 13.8. The molecule has 0 radical (unpaired) electrons. The van der Waals surface area contributed by atoms with E-state index in [1.807, 2.05) is 32.0 Å². The molecule has 2 rings (SSSR count). The molecule has 0 saturated heterocycles. The van der Waals surface area contributed by atoms with Gasteiger partial charge in [0.15, 0.2) is 12.3 Å². The summed E-state index contributed by atoms with van der Waals surface area (Å²) in [4.78, 5) is 26.5. The normalized spacial score (nSPS) is 10.3. The Morgan fingerprint density at radius 3 is 2.61 bits per heavy atom. The Morgan fingerprint density at radius 1 is 1.30 bits per heavy atom. The number of aryl methyl sites for hydroxylation is 2. The number of aromatic nitrogens is 1. The number of carbonyl (C=O) groups excluding carboxylic acids is 1. The lowest BCUT2D eigenvalue weighted by Gasteiger charge is -2.11. The van der Waals surface area contributed by atoms with E-state index in [2.05, 4.69) is 10.3 Å². The first-order valence-electron chi connectivity index (χ1n) is 7.11. The third kappa shape index (κ3) is 4.79. The highest BCUT2D eigenvalue weighted by molar-refractivity contribution is 7.09. The molecule has 0 spiro atoms. The molecule has 0 aliphatic carbocycles. The number of amides is 1. The lowest BCUT2D eigenvalue weighted by molar-refractivity contribution is -0.123. The van der Waals surface area contributed by atoms with E-state index in [0.29, 0.717) is 18.0 Å². The molecule has 0 aliphatic heterocycles. The number of nitrogens with zero attached hydrogens (tertiary/aromatic N) is 1. The van der Waals surface area contributed by atoms with Crippen molar-refractivity contribution in [2.45, 2.75) is 20.3 Å². The zero-order chi connectivity index (χ0) is 16.8. The number of benzene rings is 1. The van der Waals surface area contributed by atoms with Gasteiger partial charge >= 0.3 is 5.97 Å². The first kappa shape index (κ1) is 17.0. The molecule has 7 heteroatoms. The lowest BCUT2D eigenvalue weighted by Crippen LogP contribution is -2.30. The second-order valence-electron chi connectivity index (χ2n) is 5.04. The molecule has 0 saturated carbocycles. The zero-order valence-electron chi connectivity index (χ0n) is 13.0. The monoisotopic (exact) mass is 334 g/mol. The third-order valence-corrected chi connectivity index (χ3v) is 4.10. The van der Waals surface area contributed by atoms with E-state index in [1.165, 1.54) is 16.7 Å². The Labute approximate surface area is 138 Å². The van der Waals surface area contributed by atoms with E-state index >= 15 is 0 Å². The summed E-state index contributed by atoms with van der Waals surface area (Å²) in [5, 5.41) is 13.7. The number of rotatable bonds is 7. The van der Waals surface area contributed by atoms with Crippen LogP contribution in [0.25, 0.3) is 0 Å². The van der Waals surface area contributed by atoms with E-state index < -0.39 is 5.97 Å². The number of carbonyl (C=O) groups is 2. The van der Waals surface area contributed by atoms with Crippen LogP contribution in [0.2, 0.25) is 0 Å². The standard InChI is InChI=1S/C16H18N2O4S/c1-10-4-3-5-11(2)15(10)22-8-13(19)17-7-6-14-18-12(9-23-14)16(20)21/h3-5,9H,6-8H2,1-2H3,(H,17,19)(H,20,21). The molecule has 2 N–H and O–H groups in total. The van der Waals surface area contributed by atoms with Gasteiger partial charge in [0.05, 0.1) is 5.01 Å². The van der Waals surface area contributed by atoms with Gasteiger partial charge in [0.25, 0.3) is 5.91 Å². The molecule has 0 unspecified atom stereocenters. The number of nitrogens with one attached hydrogen (secondary N) is 1. The van der Waals surface area contributed by atoms with Gasteiger partial charge in [-0.2, -0.15) is 0 Å². The minimum Gasteiger partial charge on any atom is -0.483 e. The minimum absolute atomic E-state index is 0.0367. The number of aromatic carboxylic acids is 1. The molecule has 1 aromatic heterocycles. The van der Waals surface area contributed by atoms with Crippen LogP contribution in [-0.2, 0) is 11.2 Å². The Bertz CT molecular complexity index is 692. The summed E-state index contributed by atoms with van der Waals surface area (Å²) in [6.07, 6.45) is 0.493. The smallest absolute Gasteiger partial charge is 0.355 e. The summed E-state index contributed by atoms with van der Waals surface area (Å²) >= 11 is 1.27. The average Bonchev–Trinajstić information content (AvgIpc) is 2.96. The summed E-state index contributed by atoms with van der Waals surface area (Å²) in [6, 6.07) is 5.81. The van der Waals surface area contributed by atoms with Crippen LogP contribution in [0.15, 0.2) is 23.6 Å². The van der Waals surface area contributed by atoms with E-state index in [4.69, 9.17) is 9.84 Å². The summed E-state index contributed by atoms with van der Waals surface area (Å²) in [6.45, 7) is 4.21. The molecule has 1 heterocycles. The van der Waals surface area contributed by atoms with E-state index in [9.17, 15) is 9.59 Å². The van der Waals surface area contributed by atoms with Gasteiger partial charge in [-0.15, -0.1) is 11.3 Å². The minimum atomic E-state index is -1.04. The average molecular weight is 334 g/mol. The van der Waals surface area contributed by atoms with Gasteiger partial charge in [-0.3, -0.25) is 4.79 Å². The maximum Gasteiger partial charge on any atom is 0.355 e. The number of thiazole rings is 1. The van der Waals surface area contributed by atoms with Crippen molar-refractivity contribution in [1.29, 1.82) is 0 Å². The van der Waals surface area contributed by atoms with Gasteiger partial charge in [-0.1, -0.05) is 18.2 Å². The van der Waals surface area contributed by atoms with Gasteiger partial charge in [-0.25, -0.2) is 9.78 Å². The molecule has 0 atom stereocenters. The largest absolute Gasteiger partial charge is 0.483 e. The quantitative estimate of drug-likeness (QED) is 0.810. The predicted octanol–water partition coefficient (Wildman–Crippen LogP) is 2.20. The van der Waals surface area contributed by atoms with Crippen LogP contribution in [0.3, 0.4) is 0 Å². The van der Waals surface area contributed by atoms with Crippen molar-refractivity contribution in [1.82, 2.24) is 10.3 Å². The first-order chi connectivity index (χ1) is 11.0. The van der Waals surface area contributed by atoms with Crippen molar-refractivity contribution >= 4 is 23.2 Å². The summed E-state index contributed by atoms with van der Waals surface area (Å²) in [5.74, 6) is -0.533. The fourth-order valence-electron chi connectivity index (χ4n) is 2.05. The number of carboxylic acid groups (broad SMARTS) is 1. The molecular formula is C16H18N2O4S. The Kier molecular flexibility index (Phi) is 5.70. The third-order valence-electron chi connectivity index (χ3n) is 3.19. The van der Waals surface area contributed by atoms with E-state index in [0.717, 1.165) is 16.9 Å². The highest BCUT2D eigenvalue weighted by Gasteiger charge is 2.10. The lowest BCUT2D eigenvalue weighted by atomic mass is 10.1. The molecule has 2 aromatic rings. The van der Waals surface area contributed by atoms with Crippen LogP contribution in [-0.4, -0.2) is 35.1 Å². The van der Waals surface area contributed by atoms with Gasteiger partial charge in [0.2, 0.25) is 0 Å². The highest BCUT2D eigenvalue weighted by atomic mass is 32.1.